The molecule has 0 aliphatic carbocycles. The zero-order chi connectivity index (χ0) is 36.5. The Kier molecular flexibility index (Phi) is 14.3. The first-order valence-electron chi connectivity index (χ1n) is 19.4. The van der Waals surface area contributed by atoms with Crippen molar-refractivity contribution < 1.29 is 23.0 Å². The number of hydrogen-bond donors (Lipinski definition) is 0. The number of likely N-dealkylation sites (N-methyl/N-ethyl adjacent to an activating group) is 3. The van der Waals surface area contributed by atoms with Crippen LogP contribution in [-0.2, 0) is 29.1 Å². The molecule has 3 saturated heterocycles. The molecule has 4 atom stereocenters. The first-order valence-corrected chi connectivity index (χ1v) is 19.4. The van der Waals surface area contributed by atoms with E-state index in [0.717, 1.165) is 132 Å². The third kappa shape index (κ3) is 10.9. The number of piperazine rings is 3. The highest BCUT2D eigenvalue weighted by Crippen LogP contribution is 2.26. The second kappa shape index (κ2) is 19.1. The lowest BCUT2D eigenvalue weighted by Crippen LogP contribution is -2.71. The minimum absolute atomic E-state index is 0.417. The van der Waals surface area contributed by atoms with Crippen molar-refractivity contribution in [1.82, 2.24) is 44.9 Å². The van der Waals surface area contributed by atoms with Gasteiger partial charge in [-0.25, -0.2) is 0 Å². The van der Waals surface area contributed by atoms with Gasteiger partial charge in [-0.2, -0.15) is 0 Å². The molecular weight excluding hydrogens is 662 g/mol. The van der Waals surface area contributed by atoms with Crippen LogP contribution < -0.4 is 0 Å². The first-order chi connectivity index (χ1) is 25.2. The predicted octanol–water partition coefficient (Wildman–Crippen LogP) is 2.94. The molecule has 0 N–H and O–H groups in total. The van der Waals surface area contributed by atoms with Crippen molar-refractivity contribution in [3.05, 3.63) is 52.6 Å². The van der Waals surface area contributed by atoms with Gasteiger partial charge >= 0.3 is 0 Å². The minimum atomic E-state index is 0.417. The molecule has 52 heavy (non-hydrogen) atoms. The van der Waals surface area contributed by atoms with Crippen LogP contribution in [0.25, 0.3) is 0 Å². The van der Waals surface area contributed by atoms with Gasteiger partial charge in [0, 0.05) is 114 Å². The van der Waals surface area contributed by atoms with E-state index in [2.05, 4.69) is 72.1 Å². The van der Waals surface area contributed by atoms with E-state index >= 15 is 0 Å². The van der Waals surface area contributed by atoms with Crippen LogP contribution in [0.5, 0.6) is 0 Å². The summed E-state index contributed by atoms with van der Waals surface area (Å²) in [6.07, 6.45) is 4.29. The maximum Gasteiger partial charge on any atom is 0.134 e. The summed E-state index contributed by atoms with van der Waals surface area (Å²) >= 11 is 0. The van der Waals surface area contributed by atoms with Crippen LogP contribution in [-0.4, -0.2) is 175 Å². The van der Waals surface area contributed by atoms with Gasteiger partial charge in [-0.15, -0.1) is 0 Å². The zero-order valence-corrected chi connectivity index (χ0v) is 32.5. The fraction of sp³-hybridized carbons (Fsp3) is 0.763. The largest absolute Gasteiger partial charge is 0.375 e. The summed E-state index contributed by atoms with van der Waals surface area (Å²) in [5.41, 5.74) is 2.79. The maximum atomic E-state index is 6.21. The highest BCUT2D eigenvalue weighted by molar-refractivity contribution is 5.05. The van der Waals surface area contributed by atoms with Gasteiger partial charge in [-0.3, -0.25) is 19.6 Å². The Morgan fingerprint density at radius 3 is 1.65 bits per heavy atom. The number of rotatable bonds is 18. The van der Waals surface area contributed by atoms with Crippen LogP contribution in [0.15, 0.2) is 31.8 Å². The van der Waals surface area contributed by atoms with E-state index in [1.807, 2.05) is 32.9 Å². The van der Waals surface area contributed by atoms with E-state index < -0.39 is 0 Å². The van der Waals surface area contributed by atoms with Crippen molar-refractivity contribution >= 4 is 0 Å². The zero-order valence-electron chi connectivity index (χ0n) is 32.5. The van der Waals surface area contributed by atoms with Crippen molar-refractivity contribution in [2.45, 2.75) is 83.8 Å². The SMILES string of the molecule is Cc1cc(CCCCN2CCN(C)C(C3CN(C)C(C4CN(CCCOCc5cc(C)on5)CCN4C)CN3CCOCc3cc(C)on3)C2)no1. The number of hydrogen-bond acceptors (Lipinski definition) is 14. The molecule has 0 bridgehead atoms. The Labute approximate surface area is 310 Å². The van der Waals surface area contributed by atoms with Crippen LogP contribution in [0.4, 0.5) is 0 Å². The van der Waals surface area contributed by atoms with E-state index in [-0.39, 0.29) is 0 Å². The Morgan fingerprint density at radius 1 is 0.558 bits per heavy atom. The minimum Gasteiger partial charge on any atom is -0.375 e. The average Bonchev–Trinajstić information content (AvgIpc) is 3.87. The molecular formula is C38H63N9O5. The van der Waals surface area contributed by atoms with Crippen LogP contribution in [0.2, 0.25) is 0 Å². The highest BCUT2D eigenvalue weighted by atomic mass is 16.5. The van der Waals surface area contributed by atoms with Gasteiger partial charge < -0.3 is 32.8 Å². The Morgan fingerprint density at radius 2 is 1.08 bits per heavy atom. The summed E-state index contributed by atoms with van der Waals surface area (Å²) in [4.78, 5) is 16.0. The predicted molar refractivity (Wildman–Crippen MR) is 198 cm³/mol. The molecule has 0 saturated carbocycles. The van der Waals surface area contributed by atoms with Gasteiger partial charge in [0.25, 0.3) is 0 Å². The van der Waals surface area contributed by atoms with Crippen LogP contribution >= 0.6 is 0 Å². The van der Waals surface area contributed by atoms with Crippen LogP contribution in [0.1, 0.15) is 53.6 Å². The fourth-order valence-electron chi connectivity index (χ4n) is 8.33. The van der Waals surface area contributed by atoms with Gasteiger partial charge in [-0.1, -0.05) is 15.5 Å². The van der Waals surface area contributed by atoms with E-state index in [4.69, 9.17) is 23.0 Å². The molecule has 14 nitrogen and oxygen atoms in total. The number of unbranched alkanes of at least 4 members (excludes halogenated alkanes) is 1. The summed E-state index contributed by atoms with van der Waals surface area (Å²) in [6.45, 7) is 19.8. The monoisotopic (exact) mass is 725 g/mol. The first kappa shape index (κ1) is 39.0. The smallest absolute Gasteiger partial charge is 0.134 e. The van der Waals surface area contributed by atoms with Gasteiger partial charge in [0.15, 0.2) is 0 Å². The maximum absolute atomic E-state index is 6.21. The summed E-state index contributed by atoms with van der Waals surface area (Å²) in [5.74, 6) is 2.53. The summed E-state index contributed by atoms with van der Waals surface area (Å²) in [5, 5.41) is 12.4. The molecule has 6 rings (SSSR count). The van der Waals surface area contributed by atoms with Crippen molar-refractivity contribution in [1.29, 1.82) is 0 Å². The Bertz CT molecular complexity index is 1480. The van der Waals surface area contributed by atoms with Crippen molar-refractivity contribution in [2.24, 2.45) is 0 Å². The third-order valence-electron chi connectivity index (χ3n) is 11.4. The lowest BCUT2D eigenvalue weighted by atomic mass is 9.92. The molecule has 3 aliphatic heterocycles. The van der Waals surface area contributed by atoms with Crippen molar-refractivity contribution in [3.63, 3.8) is 0 Å². The summed E-state index contributed by atoms with van der Waals surface area (Å²) < 4.78 is 27.8. The highest BCUT2D eigenvalue weighted by Gasteiger charge is 2.43. The van der Waals surface area contributed by atoms with Gasteiger partial charge in [0.05, 0.1) is 25.5 Å². The molecule has 3 fully saturated rings. The van der Waals surface area contributed by atoms with Crippen molar-refractivity contribution in [3.8, 4) is 0 Å². The summed E-state index contributed by atoms with van der Waals surface area (Å²) in [6, 6.07) is 7.72. The van der Waals surface area contributed by atoms with E-state index in [0.29, 0.717) is 44.0 Å². The molecule has 0 spiro atoms. The van der Waals surface area contributed by atoms with Crippen LogP contribution in [0, 0.1) is 20.8 Å². The Balaban J connectivity index is 1.04. The lowest BCUT2D eigenvalue weighted by Gasteiger charge is -2.55. The van der Waals surface area contributed by atoms with E-state index in [1.54, 1.807) is 0 Å². The number of aryl methyl sites for hydroxylation is 4. The quantitative estimate of drug-likeness (QED) is 0.179. The third-order valence-corrected chi connectivity index (χ3v) is 11.4. The molecule has 4 unspecified atom stereocenters. The van der Waals surface area contributed by atoms with Gasteiger partial charge in [-0.05, 0) is 74.1 Å². The van der Waals surface area contributed by atoms with Gasteiger partial charge in [0.1, 0.15) is 28.7 Å². The normalized spacial score (nSPS) is 25.0. The van der Waals surface area contributed by atoms with Crippen molar-refractivity contribution in [2.75, 3.05) is 106 Å². The topological polar surface area (TPSA) is 116 Å². The fourth-order valence-corrected chi connectivity index (χ4v) is 8.33. The molecule has 3 aliphatic rings. The second-order valence-electron chi connectivity index (χ2n) is 15.5. The Hall–Kier alpha value is -2.69. The second-order valence-corrected chi connectivity index (χ2v) is 15.5. The van der Waals surface area contributed by atoms with Gasteiger partial charge in [0.2, 0.25) is 0 Å². The molecule has 6 heterocycles. The number of nitrogens with zero attached hydrogens (tertiary/aromatic N) is 9. The molecule has 290 valence electrons. The van der Waals surface area contributed by atoms with Crippen LogP contribution in [0.3, 0.4) is 0 Å². The average molecular weight is 726 g/mol. The molecule has 0 radical (unpaired) electrons. The number of ether oxygens (including phenoxy) is 2. The number of aromatic nitrogens is 3. The standard InChI is InChI=1S/C38H63N9O5/c1-29-20-32(39-50-29)10-7-8-11-45-15-14-43(5)36(25-45)38-23-44(6)37(26-47(38)17-19-49-28-34-22-31(3)52-41-34)35-24-46(16-13-42(35)4)12-9-18-48-27-33-21-30(2)51-40-33/h20-22,35-38H,7-19,23-28H2,1-6H3. The summed E-state index contributed by atoms with van der Waals surface area (Å²) in [7, 11) is 7.00. The molecule has 0 aromatic carbocycles. The van der Waals surface area contributed by atoms with E-state index in [1.165, 1.54) is 6.42 Å². The molecule has 0 amide bonds. The molecule has 3 aromatic rings. The van der Waals surface area contributed by atoms with E-state index in [9.17, 15) is 0 Å². The molecule has 3 aromatic heterocycles. The lowest BCUT2D eigenvalue weighted by molar-refractivity contribution is -0.0630. The molecule has 14 heteroatoms.